The van der Waals surface area contributed by atoms with Crippen LogP contribution in [-0.4, -0.2) is 28.8 Å². The lowest BCUT2D eigenvalue weighted by atomic mass is 10.1. The van der Waals surface area contributed by atoms with Crippen LogP contribution in [0.15, 0.2) is 29.4 Å². The molecule has 0 fully saturated rings. The minimum Gasteiger partial charge on any atom is -0.409 e. The average Bonchev–Trinajstić information content (AvgIpc) is 2.43. The van der Waals surface area contributed by atoms with E-state index in [4.69, 9.17) is 16.0 Å². The van der Waals surface area contributed by atoms with Crippen molar-refractivity contribution in [3.05, 3.63) is 35.4 Å². The Balaban J connectivity index is 2.53. The van der Waals surface area contributed by atoms with Crippen LogP contribution in [0.25, 0.3) is 0 Å². The van der Waals surface area contributed by atoms with Gasteiger partial charge in [-0.25, -0.2) is 0 Å². The van der Waals surface area contributed by atoms with Crippen LogP contribution in [0.1, 0.15) is 30.9 Å². The van der Waals surface area contributed by atoms with Crippen molar-refractivity contribution in [2.75, 3.05) is 6.61 Å². The van der Waals surface area contributed by atoms with Crippen molar-refractivity contribution in [3.63, 3.8) is 0 Å². The molecule has 1 aromatic rings. The van der Waals surface area contributed by atoms with Crippen molar-refractivity contribution in [3.8, 4) is 0 Å². The molecule has 0 bridgehead atoms. The Bertz CT molecular complexity index is 376. The molecule has 0 saturated heterocycles. The van der Waals surface area contributed by atoms with E-state index in [-0.39, 0.29) is 12.4 Å². The average molecular weight is 251 g/mol. The van der Waals surface area contributed by atoms with Gasteiger partial charge in [-0.15, -0.1) is 0 Å². The topological polar surface area (TPSA) is 90.9 Å². The Hall–Kier alpha value is -1.59. The number of oxime groups is 1. The molecule has 1 atom stereocenters. The first-order valence-electron chi connectivity index (χ1n) is 6.12. The highest BCUT2D eigenvalue weighted by molar-refractivity contribution is 5.96. The van der Waals surface area contributed by atoms with E-state index in [0.29, 0.717) is 11.6 Å². The number of aliphatic hydroxyl groups excluding tert-OH is 1. The number of nitrogens with two attached hydrogens (primary N) is 1. The lowest BCUT2D eigenvalue weighted by molar-refractivity contribution is 0.262. The van der Waals surface area contributed by atoms with Crippen LogP contribution in [0.3, 0.4) is 0 Å². The van der Waals surface area contributed by atoms with Gasteiger partial charge in [-0.05, 0) is 18.4 Å². The van der Waals surface area contributed by atoms with Gasteiger partial charge in [-0.2, -0.15) is 0 Å². The highest BCUT2D eigenvalue weighted by atomic mass is 16.4. The molecule has 0 aliphatic carbocycles. The monoisotopic (exact) mass is 251 g/mol. The van der Waals surface area contributed by atoms with Crippen molar-refractivity contribution in [1.82, 2.24) is 5.32 Å². The van der Waals surface area contributed by atoms with Crippen molar-refractivity contribution in [2.24, 2.45) is 10.9 Å². The molecule has 1 aromatic carbocycles. The molecule has 0 heterocycles. The Morgan fingerprint density at radius 3 is 2.56 bits per heavy atom. The third-order valence-corrected chi connectivity index (χ3v) is 2.92. The molecule has 0 aliphatic heterocycles. The third-order valence-electron chi connectivity index (χ3n) is 2.92. The van der Waals surface area contributed by atoms with Crippen LogP contribution in [-0.2, 0) is 6.54 Å². The molecular weight excluding hydrogens is 230 g/mol. The molecule has 1 rings (SSSR count). The molecule has 100 valence electrons. The van der Waals surface area contributed by atoms with Gasteiger partial charge in [0.05, 0.1) is 0 Å². The van der Waals surface area contributed by atoms with Gasteiger partial charge in [0.15, 0.2) is 5.84 Å². The largest absolute Gasteiger partial charge is 0.409 e. The second-order valence-corrected chi connectivity index (χ2v) is 4.18. The molecule has 0 aromatic heterocycles. The van der Waals surface area contributed by atoms with Crippen molar-refractivity contribution < 1.29 is 10.3 Å². The number of aliphatic hydroxyl groups is 1. The predicted molar refractivity (Wildman–Crippen MR) is 71.6 cm³/mol. The van der Waals surface area contributed by atoms with Crippen LogP contribution in [0.4, 0.5) is 0 Å². The van der Waals surface area contributed by atoms with Gasteiger partial charge < -0.3 is 21.4 Å². The summed E-state index contributed by atoms with van der Waals surface area (Å²) in [6, 6.07) is 7.84. The number of amidine groups is 1. The van der Waals surface area contributed by atoms with Crippen molar-refractivity contribution in [1.29, 1.82) is 0 Å². The third kappa shape index (κ3) is 4.35. The van der Waals surface area contributed by atoms with Gasteiger partial charge in [0.1, 0.15) is 0 Å². The van der Waals surface area contributed by atoms with E-state index in [9.17, 15) is 0 Å². The summed E-state index contributed by atoms with van der Waals surface area (Å²) in [5, 5.41) is 23.8. The van der Waals surface area contributed by atoms with E-state index in [1.165, 1.54) is 0 Å². The fourth-order valence-corrected chi connectivity index (χ4v) is 1.72. The standard InChI is InChI=1S/C13H21N3O2/c1-2-12(7-8-17)15-9-10-3-5-11(6-4-10)13(14)16-18/h3-6,12,15,17-18H,2,7-9H2,1H3,(H2,14,16). The Morgan fingerprint density at radius 1 is 1.39 bits per heavy atom. The van der Waals surface area contributed by atoms with Gasteiger partial charge in [0, 0.05) is 24.8 Å². The Labute approximate surface area is 107 Å². The SMILES string of the molecule is CCC(CCO)NCc1ccc(/C(N)=N/O)cc1. The van der Waals surface area contributed by atoms with E-state index in [2.05, 4.69) is 17.4 Å². The maximum atomic E-state index is 8.90. The molecule has 0 radical (unpaired) electrons. The number of benzene rings is 1. The lowest BCUT2D eigenvalue weighted by Crippen LogP contribution is -2.28. The summed E-state index contributed by atoms with van der Waals surface area (Å²) < 4.78 is 0. The number of nitrogens with one attached hydrogen (secondary N) is 1. The summed E-state index contributed by atoms with van der Waals surface area (Å²) in [6.45, 7) is 3.04. The van der Waals surface area contributed by atoms with Crippen LogP contribution in [0.2, 0.25) is 0 Å². The summed E-state index contributed by atoms with van der Waals surface area (Å²) >= 11 is 0. The molecule has 0 saturated carbocycles. The number of hydrogen-bond donors (Lipinski definition) is 4. The van der Waals surface area contributed by atoms with E-state index >= 15 is 0 Å². The van der Waals surface area contributed by atoms with Crippen molar-refractivity contribution >= 4 is 5.84 Å². The second-order valence-electron chi connectivity index (χ2n) is 4.18. The summed E-state index contributed by atoms with van der Waals surface area (Å²) in [6.07, 6.45) is 1.75. The first-order chi connectivity index (χ1) is 8.71. The lowest BCUT2D eigenvalue weighted by Gasteiger charge is -2.15. The molecule has 5 nitrogen and oxygen atoms in total. The molecule has 18 heavy (non-hydrogen) atoms. The molecule has 0 amide bonds. The van der Waals surface area contributed by atoms with Crippen LogP contribution < -0.4 is 11.1 Å². The summed E-state index contributed by atoms with van der Waals surface area (Å²) in [5.74, 6) is 0.112. The van der Waals surface area contributed by atoms with Crippen LogP contribution in [0.5, 0.6) is 0 Å². The molecule has 0 spiro atoms. The fourth-order valence-electron chi connectivity index (χ4n) is 1.72. The zero-order chi connectivity index (χ0) is 13.4. The quantitative estimate of drug-likeness (QED) is 0.252. The van der Waals surface area contributed by atoms with E-state index < -0.39 is 0 Å². The maximum Gasteiger partial charge on any atom is 0.170 e. The smallest absolute Gasteiger partial charge is 0.170 e. The minimum atomic E-state index is 0.112. The molecular formula is C13H21N3O2. The number of rotatable bonds is 7. The van der Waals surface area contributed by atoms with E-state index in [1.54, 1.807) is 0 Å². The molecule has 0 aliphatic rings. The summed E-state index contributed by atoms with van der Waals surface area (Å²) in [4.78, 5) is 0. The van der Waals surface area contributed by atoms with E-state index in [1.807, 2.05) is 24.3 Å². The van der Waals surface area contributed by atoms with Gasteiger partial charge >= 0.3 is 0 Å². The zero-order valence-corrected chi connectivity index (χ0v) is 10.6. The van der Waals surface area contributed by atoms with Gasteiger partial charge in [-0.1, -0.05) is 36.3 Å². The Morgan fingerprint density at radius 2 is 2.06 bits per heavy atom. The fraction of sp³-hybridized carbons (Fsp3) is 0.462. The highest BCUT2D eigenvalue weighted by Gasteiger charge is 2.05. The van der Waals surface area contributed by atoms with Crippen LogP contribution in [0, 0.1) is 0 Å². The number of nitrogens with zero attached hydrogens (tertiary/aromatic N) is 1. The normalized spacial score (nSPS) is 13.6. The second kappa shape index (κ2) is 7.68. The van der Waals surface area contributed by atoms with Crippen molar-refractivity contribution in [2.45, 2.75) is 32.4 Å². The zero-order valence-electron chi connectivity index (χ0n) is 10.6. The van der Waals surface area contributed by atoms with Gasteiger partial charge in [0.2, 0.25) is 0 Å². The predicted octanol–water partition coefficient (Wildman–Crippen LogP) is 1.03. The first-order valence-corrected chi connectivity index (χ1v) is 6.12. The molecule has 5 heteroatoms. The maximum absolute atomic E-state index is 8.90. The summed E-state index contributed by atoms with van der Waals surface area (Å²) in [5.41, 5.74) is 7.31. The first kappa shape index (κ1) is 14.5. The number of hydrogen-bond acceptors (Lipinski definition) is 4. The molecule has 1 unspecified atom stereocenters. The summed E-state index contributed by atoms with van der Waals surface area (Å²) in [7, 11) is 0. The van der Waals surface area contributed by atoms with E-state index in [0.717, 1.165) is 24.9 Å². The Kier molecular flexibility index (Phi) is 6.18. The van der Waals surface area contributed by atoms with Gasteiger partial charge in [0.25, 0.3) is 0 Å². The molecule has 5 N–H and O–H groups in total. The van der Waals surface area contributed by atoms with Crippen LogP contribution >= 0.6 is 0 Å². The van der Waals surface area contributed by atoms with Gasteiger partial charge in [-0.3, -0.25) is 0 Å². The highest BCUT2D eigenvalue weighted by Crippen LogP contribution is 2.05. The minimum absolute atomic E-state index is 0.112.